The van der Waals surface area contributed by atoms with E-state index in [9.17, 15) is 0 Å². The summed E-state index contributed by atoms with van der Waals surface area (Å²) in [6, 6.07) is 0. The van der Waals surface area contributed by atoms with Gasteiger partial charge in [-0.3, -0.25) is 0 Å². The minimum atomic E-state index is 0.697. The van der Waals surface area contributed by atoms with Gasteiger partial charge in [-0.1, -0.05) is 13.0 Å². The van der Waals surface area contributed by atoms with Crippen LogP contribution in [-0.4, -0.2) is 5.71 Å². The molecule has 0 saturated heterocycles. The van der Waals surface area contributed by atoms with Gasteiger partial charge in [-0.25, -0.2) is 0 Å². The van der Waals surface area contributed by atoms with E-state index in [4.69, 9.17) is 5.41 Å². The fourth-order valence-corrected chi connectivity index (χ4v) is 0.319. The Morgan fingerprint density at radius 3 is 2.43 bits per heavy atom. The molecule has 0 atom stereocenters. The Labute approximate surface area is 44.6 Å². The minimum Gasteiger partial charge on any atom is -0.305 e. The maximum Gasteiger partial charge on any atom is 0.0307 e. The van der Waals surface area contributed by atoms with Crippen LogP contribution >= 0.6 is 0 Å². The predicted molar refractivity (Wildman–Crippen MR) is 32.8 cm³/mol. The quantitative estimate of drug-likeness (QED) is 0.509. The minimum absolute atomic E-state index is 0.697. The van der Waals surface area contributed by atoms with Crippen molar-refractivity contribution in [3.8, 4) is 0 Å². The molecule has 0 aromatic carbocycles. The molecule has 7 heavy (non-hydrogen) atoms. The number of allylic oxidation sites excluding steroid dienone is 2. The summed E-state index contributed by atoms with van der Waals surface area (Å²) >= 11 is 0. The maximum absolute atomic E-state index is 7.05. The zero-order valence-corrected chi connectivity index (χ0v) is 4.86. The predicted octanol–water partition coefficient (Wildman–Crippen LogP) is 1.99. The van der Waals surface area contributed by atoms with Crippen LogP contribution in [0.3, 0.4) is 0 Å². The van der Waals surface area contributed by atoms with Crippen molar-refractivity contribution < 1.29 is 0 Å². The third-order valence-electron chi connectivity index (χ3n) is 0.749. The van der Waals surface area contributed by atoms with Crippen molar-refractivity contribution in [3.63, 3.8) is 0 Å². The molecule has 1 heteroatoms. The van der Waals surface area contributed by atoms with E-state index in [1.165, 1.54) is 0 Å². The van der Waals surface area contributed by atoms with E-state index in [-0.39, 0.29) is 0 Å². The maximum atomic E-state index is 7.05. The molecule has 0 amide bonds. The third-order valence-corrected chi connectivity index (χ3v) is 0.749. The Hall–Kier alpha value is -0.590. The lowest BCUT2D eigenvalue weighted by Crippen LogP contribution is -1.83. The molecular weight excluding hydrogens is 86.1 g/mol. The van der Waals surface area contributed by atoms with E-state index in [1.54, 1.807) is 6.08 Å². The smallest absolute Gasteiger partial charge is 0.0307 e. The van der Waals surface area contributed by atoms with E-state index in [1.807, 2.05) is 19.9 Å². The first-order chi connectivity index (χ1) is 3.31. The zero-order valence-electron chi connectivity index (χ0n) is 4.86. The summed E-state index contributed by atoms with van der Waals surface area (Å²) < 4.78 is 0. The first-order valence-electron chi connectivity index (χ1n) is 2.51. The van der Waals surface area contributed by atoms with Gasteiger partial charge in [-0.15, -0.1) is 0 Å². The third kappa shape index (κ3) is 3.23. The first kappa shape index (κ1) is 6.41. The van der Waals surface area contributed by atoms with Gasteiger partial charge in [0, 0.05) is 5.71 Å². The van der Waals surface area contributed by atoms with Crippen molar-refractivity contribution in [2.24, 2.45) is 0 Å². The lowest BCUT2D eigenvalue weighted by atomic mass is 10.3. The zero-order chi connectivity index (χ0) is 5.70. The molecule has 0 aromatic rings. The second-order valence-corrected chi connectivity index (χ2v) is 1.38. The largest absolute Gasteiger partial charge is 0.305 e. The highest BCUT2D eigenvalue weighted by Crippen LogP contribution is 1.81. The number of nitrogens with one attached hydrogen (secondary N) is 1. The molecule has 0 spiro atoms. The molecule has 0 heterocycles. The van der Waals surface area contributed by atoms with Crippen molar-refractivity contribution in [1.82, 2.24) is 0 Å². The highest BCUT2D eigenvalue weighted by Gasteiger charge is 1.78. The van der Waals surface area contributed by atoms with Crippen LogP contribution < -0.4 is 0 Å². The molecule has 40 valence electrons. The van der Waals surface area contributed by atoms with Crippen molar-refractivity contribution in [1.29, 1.82) is 5.41 Å². The van der Waals surface area contributed by atoms with Gasteiger partial charge in [0.15, 0.2) is 0 Å². The molecule has 0 rings (SSSR count). The average Bonchev–Trinajstić information content (AvgIpc) is 1.68. The summed E-state index contributed by atoms with van der Waals surface area (Å²) in [4.78, 5) is 0. The van der Waals surface area contributed by atoms with Crippen LogP contribution in [0.2, 0.25) is 0 Å². The molecule has 0 aromatic heterocycles. The number of hydrogen-bond acceptors (Lipinski definition) is 1. The fourth-order valence-electron chi connectivity index (χ4n) is 0.319. The first-order valence-corrected chi connectivity index (χ1v) is 2.51. The Morgan fingerprint density at radius 1 is 1.71 bits per heavy atom. The normalized spacial score (nSPS) is 10.0. The van der Waals surface area contributed by atoms with E-state index in [0.717, 1.165) is 6.42 Å². The standard InChI is InChI=1S/C6H11N/c1-3-5-6(7)4-2/h3,5,7H,4H2,1-2H3/b5-3-,7-6?. The monoisotopic (exact) mass is 97.1 g/mol. The molecule has 1 N–H and O–H groups in total. The molecule has 0 aliphatic rings. The van der Waals surface area contributed by atoms with Crippen LogP contribution in [0.5, 0.6) is 0 Å². The van der Waals surface area contributed by atoms with Gasteiger partial charge in [0.25, 0.3) is 0 Å². The second-order valence-electron chi connectivity index (χ2n) is 1.38. The van der Waals surface area contributed by atoms with Gasteiger partial charge in [0.05, 0.1) is 0 Å². The van der Waals surface area contributed by atoms with Crippen LogP contribution in [0.15, 0.2) is 12.2 Å². The molecule has 0 saturated carbocycles. The SMILES string of the molecule is C/C=C\C(=N)CC. The van der Waals surface area contributed by atoms with Crippen LogP contribution in [0.25, 0.3) is 0 Å². The van der Waals surface area contributed by atoms with E-state index < -0.39 is 0 Å². The summed E-state index contributed by atoms with van der Waals surface area (Å²) in [5.74, 6) is 0. The molecule has 0 radical (unpaired) electrons. The lowest BCUT2D eigenvalue weighted by molar-refractivity contribution is 1.26. The molecular formula is C6H11N. The Balaban J connectivity index is 3.37. The van der Waals surface area contributed by atoms with Crippen molar-refractivity contribution in [2.45, 2.75) is 20.3 Å². The Morgan fingerprint density at radius 2 is 2.29 bits per heavy atom. The highest BCUT2D eigenvalue weighted by molar-refractivity contribution is 5.91. The number of rotatable bonds is 2. The van der Waals surface area contributed by atoms with Gasteiger partial charge in [0.1, 0.15) is 0 Å². The van der Waals surface area contributed by atoms with E-state index in [0.29, 0.717) is 5.71 Å². The summed E-state index contributed by atoms with van der Waals surface area (Å²) in [5.41, 5.74) is 0.697. The van der Waals surface area contributed by atoms with Crippen LogP contribution in [0, 0.1) is 5.41 Å². The van der Waals surface area contributed by atoms with Crippen molar-refractivity contribution in [3.05, 3.63) is 12.2 Å². The van der Waals surface area contributed by atoms with Gasteiger partial charge in [0.2, 0.25) is 0 Å². The summed E-state index contributed by atoms with van der Waals surface area (Å²) in [6.07, 6.45) is 4.52. The summed E-state index contributed by atoms with van der Waals surface area (Å²) in [7, 11) is 0. The average molecular weight is 97.2 g/mol. The van der Waals surface area contributed by atoms with Gasteiger partial charge >= 0.3 is 0 Å². The molecule has 0 fully saturated rings. The molecule has 0 unspecified atom stereocenters. The molecule has 0 aliphatic heterocycles. The summed E-state index contributed by atoms with van der Waals surface area (Å²) in [5, 5.41) is 7.05. The lowest BCUT2D eigenvalue weighted by Gasteiger charge is -1.83. The Bertz CT molecular complexity index is 82.2. The molecule has 1 nitrogen and oxygen atoms in total. The molecule has 0 bridgehead atoms. The van der Waals surface area contributed by atoms with E-state index >= 15 is 0 Å². The number of hydrogen-bond donors (Lipinski definition) is 1. The Kier molecular flexibility index (Phi) is 3.29. The second kappa shape index (κ2) is 3.59. The van der Waals surface area contributed by atoms with Gasteiger partial charge in [-0.05, 0) is 19.4 Å². The summed E-state index contributed by atoms with van der Waals surface area (Å²) in [6.45, 7) is 3.90. The van der Waals surface area contributed by atoms with E-state index in [2.05, 4.69) is 0 Å². The van der Waals surface area contributed by atoms with Gasteiger partial charge in [-0.2, -0.15) is 0 Å². The highest BCUT2D eigenvalue weighted by atomic mass is 14.4. The molecule has 0 aliphatic carbocycles. The van der Waals surface area contributed by atoms with Crippen LogP contribution in [0.1, 0.15) is 20.3 Å². The van der Waals surface area contributed by atoms with Gasteiger partial charge < -0.3 is 5.41 Å². The van der Waals surface area contributed by atoms with Crippen LogP contribution in [0.4, 0.5) is 0 Å². The van der Waals surface area contributed by atoms with Crippen LogP contribution in [-0.2, 0) is 0 Å². The topological polar surface area (TPSA) is 23.9 Å². The van der Waals surface area contributed by atoms with Crippen molar-refractivity contribution >= 4 is 5.71 Å². The fraction of sp³-hybridized carbons (Fsp3) is 0.500. The van der Waals surface area contributed by atoms with Crippen molar-refractivity contribution in [2.75, 3.05) is 0 Å².